The molecule has 5 heteroatoms. The number of ether oxygens (including phenoxy) is 1. The van der Waals surface area contributed by atoms with Gasteiger partial charge >= 0.3 is 5.97 Å². The molecule has 0 saturated carbocycles. The monoisotopic (exact) mass is 331 g/mol. The first-order valence-corrected chi connectivity index (χ1v) is 7.81. The normalized spacial score (nSPS) is 17.6. The van der Waals surface area contributed by atoms with Gasteiger partial charge in [0.15, 0.2) is 0 Å². The summed E-state index contributed by atoms with van der Waals surface area (Å²) >= 11 is 6.07. The van der Waals surface area contributed by atoms with Crippen LogP contribution in [0.2, 0.25) is 5.02 Å². The number of carboxylic acids is 1. The van der Waals surface area contributed by atoms with E-state index in [1.807, 2.05) is 47.4 Å². The van der Waals surface area contributed by atoms with Crippen molar-refractivity contribution >= 4 is 17.6 Å². The molecule has 0 bridgehead atoms. The molecular formula is C18H18ClNO3. The highest BCUT2D eigenvalue weighted by atomic mass is 35.5. The summed E-state index contributed by atoms with van der Waals surface area (Å²) in [6, 6.07) is 12.9. The Labute approximate surface area is 140 Å². The molecule has 120 valence electrons. The highest BCUT2D eigenvalue weighted by Crippen LogP contribution is 2.27. The van der Waals surface area contributed by atoms with Crippen molar-refractivity contribution in [2.75, 3.05) is 7.11 Å². The van der Waals surface area contributed by atoms with E-state index < -0.39 is 12.0 Å². The fourth-order valence-corrected chi connectivity index (χ4v) is 3.18. The predicted molar refractivity (Wildman–Crippen MR) is 88.8 cm³/mol. The van der Waals surface area contributed by atoms with Gasteiger partial charge in [-0.15, -0.1) is 0 Å². The molecule has 0 spiro atoms. The van der Waals surface area contributed by atoms with E-state index in [0.717, 1.165) is 22.4 Å². The smallest absolute Gasteiger partial charge is 0.321 e. The van der Waals surface area contributed by atoms with Crippen LogP contribution in [0.25, 0.3) is 0 Å². The predicted octanol–water partition coefficient (Wildman–Crippen LogP) is 3.36. The minimum atomic E-state index is -0.792. The minimum absolute atomic E-state index is 0.498. The van der Waals surface area contributed by atoms with Crippen LogP contribution < -0.4 is 4.74 Å². The molecule has 1 aliphatic heterocycles. The molecule has 1 aliphatic rings. The minimum Gasteiger partial charge on any atom is -0.497 e. The molecule has 0 amide bonds. The van der Waals surface area contributed by atoms with Crippen molar-refractivity contribution in [1.82, 2.24) is 4.90 Å². The summed E-state index contributed by atoms with van der Waals surface area (Å²) < 4.78 is 5.16. The zero-order valence-electron chi connectivity index (χ0n) is 12.8. The SMILES string of the molecule is COc1ccc(CN2Cc3cc(Cl)ccc3C[C@@H]2C(=O)O)cc1. The van der Waals surface area contributed by atoms with Crippen molar-refractivity contribution in [2.24, 2.45) is 0 Å². The first-order chi connectivity index (χ1) is 11.1. The lowest BCUT2D eigenvalue weighted by atomic mass is 9.93. The summed E-state index contributed by atoms with van der Waals surface area (Å²) in [5.41, 5.74) is 3.22. The largest absolute Gasteiger partial charge is 0.497 e. The molecule has 0 unspecified atom stereocenters. The second kappa shape index (κ2) is 6.60. The number of carbonyl (C=O) groups is 1. The van der Waals surface area contributed by atoms with Gasteiger partial charge in [-0.05, 0) is 47.4 Å². The summed E-state index contributed by atoms with van der Waals surface area (Å²) in [6.07, 6.45) is 0.498. The summed E-state index contributed by atoms with van der Waals surface area (Å²) in [4.78, 5) is 13.6. The van der Waals surface area contributed by atoms with Crippen LogP contribution in [0.3, 0.4) is 0 Å². The van der Waals surface area contributed by atoms with Gasteiger partial charge in [0, 0.05) is 18.1 Å². The van der Waals surface area contributed by atoms with Crippen LogP contribution in [-0.2, 0) is 24.3 Å². The summed E-state index contributed by atoms with van der Waals surface area (Å²) in [5.74, 6) is -0.00146. The molecule has 4 nitrogen and oxygen atoms in total. The fraction of sp³-hybridized carbons (Fsp3) is 0.278. The topological polar surface area (TPSA) is 49.8 Å². The van der Waals surface area contributed by atoms with Crippen molar-refractivity contribution in [1.29, 1.82) is 0 Å². The van der Waals surface area contributed by atoms with E-state index in [2.05, 4.69) is 0 Å². The average Bonchev–Trinajstić information content (AvgIpc) is 2.54. The highest BCUT2D eigenvalue weighted by Gasteiger charge is 2.31. The summed E-state index contributed by atoms with van der Waals surface area (Å²) in [7, 11) is 1.63. The Morgan fingerprint density at radius 2 is 2.00 bits per heavy atom. The number of methoxy groups -OCH3 is 1. The number of fused-ring (bicyclic) bond motifs is 1. The second-order valence-electron chi connectivity index (χ2n) is 5.72. The van der Waals surface area contributed by atoms with Gasteiger partial charge in [-0.25, -0.2) is 0 Å². The lowest BCUT2D eigenvalue weighted by Crippen LogP contribution is -2.45. The number of nitrogens with zero attached hydrogens (tertiary/aromatic N) is 1. The van der Waals surface area contributed by atoms with Crippen LogP contribution in [0.5, 0.6) is 5.75 Å². The van der Waals surface area contributed by atoms with E-state index >= 15 is 0 Å². The van der Waals surface area contributed by atoms with Crippen molar-refractivity contribution < 1.29 is 14.6 Å². The molecule has 0 aliphatic carbocycles. The van der Waals surface area contributed by atoms with Crippen LogP contribution in [0.1, 0.15) is 16.7 Å². The molecular weight excluding hydrogens is 314 g/mol. The quantitative estimate of drug-likeness (QED) is 0.933. The molecule has 23 heavy (non-hydrogen) atoms. The Balaban J connectivity index is 1.84. The van der Waals surface area contributed by atoms with Crippen LogP contribution in [0.15, 0.2) is 42.5 Å². The molecule has 1 N–H and O–H groups in total. The Morgan fingerprint density at radius 1 is 1.26 bits per heavy atom. The molecule has 1 heterocycles. The van der Waals surface area contributed by atoms with Crippen LogP contribution in [-0.4, -0.2) is 29.1 Å². The first kappa shape index (κ1) is 15.8. The number of hydrogen-bond donors (Lipinski definition) is 1. The molecule has 1 atom stereocenters. The van der Waals surface area contributed by atoms with E-state index in [4.69, 9.17) is 16.3 Å². The van der Waals surface area contributed by atoms with Gasteiger partial charge in [-0.3, -0.25) is 9.69 Å². The molecule has 3 rings (SSSR count). The maximum atomic E-state index is 11.6. The lowest BCUT2D eigenvalue weighted by Gasteiger charge is -2.34. The fourth-order valence-electron chi connectivity index (χ4n) is 2.98. The Hall–Kier alpha value is -2.04. The lowest BCUT2D eigenvalue weighted by molar-refractivity contribution is -0.144. The van der Waals surface area contributed by atoms with E-state index in [1.165, 1.54) is 0 Å². The first-order valence-electron chi connectivity index (χ1n) is 7.44. The van der Waals surface area contributed by atoms with Crippen LogP contribution in [0.4, 0.5) is 0 Å². The van der Waals surface area contributed by atoms with E-state index in [1.54, 1.807) is 7.11 Å². The standard InChI is InChI=1S/C18H18ClNO3/c1-23-16-6-2-12(3-7-16)10-20-11-14-8-15(19)5-4-13(14)9-17(20)18(21)22/h2-8,17H,9-11H2,1H3,(H,21,22)/t17-/m1/s1. The van der Waals surface area contributed by atoms with Crippen LogP contribution in [0, 0.1) is 0 Å². The Morgan fingerprint density at radius 3 is 2.65 bits per heavy atom. The molecule has 2 aromatic carbocycles. The molecule has 2 aromatic rings. The number of rotatable bonds is 4. The summed E-state index contributed by atoms with van der Waals surface area (Å²) in [5, 5.41) is 10.2. The maximum Gasteiger partial charge on any atom is 0.321 e. The number of hydrogen-bond acceptors (Lipinski definition) is 3. The van der Waals surface area contributed by atoms with Gasteiger partial charge in [-0.2, -0.15) is 0 Å². The van der Waals surface area contributed by atoms with Gasteiger partial charge in [0.1, 0.15) is 11.8 Å². The van der Waals surface area contributed by atoms with Crippen LogP contribution >= 0.6 is 11.6 Å². The average molecular weight is 332 g/mol. The van der Waals surface area contributed by atoms with Gasteiger partial charge in [0.05, 0.1) is 7.11 Å². The third-order valence-corrected chi connectivity index (χ3v) is 4.46. The van der Waals surface area contributed by atoms with Gasteiger partial charge in [0.25, 0.3) is 0 Å². The van der Waals surface area contributed by atoms with Crippen molar-refractivity contribution in [2.45, 2.75) is 25.6 Å². The summed E-state index contributed by atoms with van der Waals surface area (Å²) in [6.45, 7) is 1.16. The van der Waals surface area contributed by atoms with Crippen molar-refractivity contribution in [3.05, 3.63) is 64.2 Å². The number of benzene rings is 2. The number of halogens is 1. The molecule has 0 saturated heterocycles. The Kier molecular flexibility index (Phi) is 4.55. The highest BCUT2D eigenvalue weighted by molar-refractivity contribution is 6.30. The zero-order valence-corrected chi connectivity index (χ0v) is 13.6. The third kappa shape index (κ3) is 3.49. The van der Waals surface area contributed by atoms with Gasteiger partial charge in [0.2, 0.25) is 0 Å². The number of carboxylic acid groups (broad SMARTS) is 1. The van der Waals surface area contributed by atoms with E-state index in [0.29, 0.717) is 24.5 Å². The van der Waals surface area contributed by atoms with E-state index in [-0.39, 0.29) is 0 Å². The van der Waals surface area contributed by atoms with Gasteiger partial charge in [-0.1, -0.05) is 29.8 Å². The Bertz CT molecular complexity index is 715. The second-order valence-corrected chi connectivity index (χ2v) is 6.16. The van der Waals surface area contributed by atoms with E-state index in [9.17, 15) is 9.90 Å². The molecule has 0 radical (unpaired) electrons. The molecule has 0 aromatic heterocycles. The zero-order chi connectivity index (χ0) is 16.4. The van der Waals surface area contributed by atoms with Gasteiger partial charge < -0.3 is 9.84 Å². The maximum absolute atomic E-state index is 11.6. The van der Waals surface area contributed by atoms with Crippen molar-refractivity contribution in [3.8, 4) is 5.75 Å². The van der Waals surface area contributed by atoms with Crippen molar-refractivity contribution in [3.63, 3.8) is 0 Å². The number of aliphatic carboxylic acids is 1. The third-order valence-electron chi connectivity index (χ3n) is 4.23. The molecule has 0 fully saturated rings.